The van der Waals surface area contributed by atoms with E-state index < -0.39 is 16.1 Å². The summed E-state index contributed by atoms with van der Waals surface area (Å²) in [7, 11) is -3.66. The van der Waals surface area contributed by atoms with Crippen molar-refractivity contribution in [2.24, 2.45) is 0 Å². The highest BCUT2D eigenvalue weighted by molar-refractivity contribution is 7.89. The second-order valence-corrected chi connectivity index (χ2v) is 6.03. The van der Waals surface area contributed by atoms with Gasteiger partial charge in [-0.05, 0) is 31.9 Å². The summed E-state index contributed by atoms with van der Waals surface area (Å²) in [4.78, 5) is 0. The summed E-state index contributed by atoms with van der Waals surface area (Å²) >= 11 is 0. The molecule has 1 heterocycles. The van der Waals surface area contributed by atoms with Crippen molar-refractivity contribution in [1.82, 2.24) is 10.0 Å². The van der Waals surface area contributed by atoms with Gasteiger partial charge in [0.15, 0.2) is 0 Å². The SMILES string of the molecule is C#CC(C)NS(=O)(=O)c1ccc(CNC2CC2)o1. The topological polar surface area (TPSA) is 71.3 Å². The molecule has 18 heavy (non-hydrogen) atoms. The lowest BCUT2D eigenvalue weighted by molar-refractivity contribution is 0.399. The van der Waals surface area contributed by atoms with Gasteiger partial charge in [0.2, 0.25) is 5.09 Å². The highest BCUT2D eigenvalue weighted by Gasteiger charge is 2.23. The molecule has 2 rings (SSSR count). The normalized spacial score (nSPS) is 17.3. The van der Waals surface area contributed by atoms with Crippen LogP contribution in [-0.4, -0.2) is 20.5 Å². The van der Waals surface area contributed by atoms with Crippen LogP contribution in [0, 0.1) is 12.3 Å². The van der Waals surface area contributed by atoms with Crippen LogP contribution in [0.2, 0.25) is 0 Å². The zero-order valence-electron chi connectivity index (χ0n) is 10.1. The zero-order chi connectivity index (χ0) is 13.2. The third kappa shape index (κ3) is 3.35. The summed E-state index contributed by atoms with van der Waals surface area (Å²) in [5, 5.41) is 3.15. The highest BCUT2D eigenvalue weighted by atomic mass is 32.2. The molecule has 0 aliphatic heterocycles. The van der Waals surface area contributed by atoms with Crippen LogP contribution in [0.25, 0.3) is 0 Å². The van der Waals surface area contributed by atoms with Crippen molar-refractivity contribution in [2.75, 3.05) is 0 Å². The average molecular weight is 268 g/mol. The van der Waals surface area contributed by atoms with E-state index in [4.69, 9.17) is 10.8 Å². The van der Waals surface area contributed by atoms with Gasteiger partial charge in [0, 0.05) is 6.04 Å². The van der Waals surface area contributed by atoms with Crippen molar-refractivity contribution in [2.45, 2.75) is 43.5 Å². The van der Waals surface area contributed by atoms with Crippen molar-refractivity contribution in [1.29, 1.82) is 0 Å². The third-order valence-corrected chi connectivity index (χ3v) is 4.04. The van der Waals surface area contributed by atoms with Gasteiger partial charge in [-0.25, -0.2) is 8.42 Å². The lowest BCUT2D eigenvalue weighted by Gasteiger charge is -2.06. The summed E-state index contributed by atoms with van der Waals surface area (Å²) < 4.78 is 31.3. The molecule has 5 nitrogen and oxygen atoms in total. The van der Waals surface area contributed by atoms with E-state index in [0.29, 0.717) is 18.3 Å². The Morgan fingerprint density at radius 3 is 2.89 bits per heavy atom. The van der Waals surface area contributed by atoms with Crippen molar-refractivity contribution in [3.63, 3.8) is 0 Å². The van der Waals surface area contributed by atoms with Gasteiger partial charge in [0.25, 0.3) is 10.0 Å². The molecule has 1 aliphatic carbocycles. The van der Waals surface area contributed by atoms with E-state index in [0.717, 1.165) is 0 Å². The molecule has 0 aromatic carbocycles. The number of rotatable bonds is 6. The molecule has 1 aliphatic rings. The fourth-order valence-corrected chi connectivity index (χ4v) is 2.57. The largest absolute Gasteiger partial charge is 0.447 e. The molecular formula is C12H16N2O3S. The molecule has 2 N–H and O–H groups in total. The predicted octanol–water partition coefficient (Wildman–Crippen LogP) is 0.832. The summed E-state index contributed by atoms with van der Waals surface area (Å²) in [5.74, 6) is 2.91. The number of terminal acetylenes is 1. The predicted molar refractivity (Wildman–Crippen MR) is 67.2 cm³/mol. The molecule has 1 fully saturated rings. The Morgan fingerprint density at radius 1 is 1.56 bits per heavy atom. The molecule has 98 valence electrons. The van der Waals surface area contributed by atoms with Crippen LogP contribution >= 0.6 is 0 Å². The van der Waals surface area contributed by atoms with Gasteiger partial charge in [-0.1, -0.05) is 5.92 Å². The summed E-state index contributed by atoms with van der Waals surface area (Å²) in [5.41, 5.74) is 0. The van der Waals surface area contributed by atoms with Crippen LogP contribution < -0.4 is 10.0 Å². The lowest BCUT2D eigenvalue weighted by Crippen LogP contribution is -2.31. The summed E-state index contributed by atoms with van der Waals surface area (Å²) in [6.07, 6.45) is 7.48. The van der Waals surface area contributed by atoms with Gasteiger partial charge in [-0.3, -0.25) is 0 Å². The Labute approximate surface area is 107 Å². The molecule has 6 heteroatoms. The maximum atomic E-state index is 11.8. The van der Waals surface area contributed by atoms with Gasteiger partial charge in [0.1, 0.15) is 5.76 Å². The smallest absolute Gasteiger partial charge is 0.275 e. The van der Waals surface area contributed by atoms with E-state index in [9.17, 15) is 8.42 Å². The second-order valence-electron chi connectivity index (χ2n) is 4.39. The molecule has 1 atom stereocenters. The maximum absolute atomic E-state index is 11.8. The van der Waals surface area contributed by atoms with Crippen LogP contribution in [0.3, 0.4) is 0 Å². The van der Waals surface area contributed by atoms with E-state index in [1.807, 2.05) is 0 Å². The third-order valence-electron chi connectivity index (χ3n) is 2.63. The first-order chi connectivity index (χ1) is 8.51. The number of nitrogens with one attached hydrogen (secondary N) is 2. The van der Waals surface area contributed by atoms with E-state index in [1.165, 1.54) is 18.9 Å². The van der Waals surface area contributed by atoms with Crippen molar-refractivity contribution in [3.05, 3.63) is 17.9 Å². The van der Waals surface area contributed by atoms with Gasteiger partial charge < -0.3 is 9.73 Å². The Kier molecular flexibility index (Phi) is 3.76. The first kappa shape index (κ1) is 13.1. The Morgan fingerprint density at radius 2 is 2.28 bits per heavy atom. The molecule has 0 bridgehead atoms. The highest BCUT2D eigenvalue weighted by Crippen LogP contribution is 2.20. The lowest BCUT2D eigenvalue weighted by atomic mass is 10.4. The molecule has 1 aromatic heterocycles. The summed E-state index contributed by atoms with van der Waals surface area (Å²) in [6.45, 7) is 2.14. The van der Waals surface area contributed by atoms with Gasteiger partial charge in [0.05, 0.1) is 12.6 Å². The Balaban J connectivity index is 2.01. The number of hydrogen-bond donors (Lipinski definition) is 2. The molecule has 0 spiro atoms. The first-order valence-electron chi connectivity index (χ1n) is 5.82. The van der Waals surface area contributed by atoms with Crippen molar-refractivity contribution in [3.8, 4) is 12.3 Å². The van der Waals surface area contributed by atoms with Crippen LogP contribution in [0.1, 0.15) is 25.5 Å². The molecule has 0 amide bonds. The fraction of sp³-hybridized carbons (Fsp3) is 0.500. The number of sulfonamides is 1. The minimum absolute atomic E-state index is 0.0998. The fourth-order valence-electron chi connectivity index (χ4n) is 1.45. The standard InChI is InChI=1S/C12H16N2O3S/c1-3-9(2)14-18(15,16)12-7-6-11(17-12)8-13-10-4-5-10/h1,6-7,9-10,13-14H,4-5,8H2,2H3. The van der Waals surface area contributed by atoms with Crippen molar-refractivity contribution < 1.29 is 12.8 Å². The monoisotopic (exact) mass is 268 g/mol. The van der Waals surface area contributed by atoms with Crippen LogP contribution in [-0.2, 0) is 16.6 Å². The van der Waals surface area contributed by atoms with Crippen LogP contribution in [0.15, 0.2) is 21.6 Å². The quantitative estimate of drug-likeness (QED) is 0.750. The maximum Gasteiger partial charge on any atom is 0.275 e. The van der Waals surface area contributed by atoms with E-state index in [1.54, 1.807) is 13.0 Å². The number of furan rings is 1. The minimum atomic E-state index is -3.66. The molecule has 1 saturated carbocycles. The van der Waals surface area contributed by atoms with E-state index in [2.05, 4.69) is 16.0 Å². The zero-order valence-corrected chi connectivity index (χ0v) is 11.0. The number of hydrogen-bond acceptors (Lipinski definition) is 4. The molecule has 0 saturated heterocycles. The Bertz CT molecular complexity index is 552. The molecular weight excluding hydrogens is 252 g/mol. The van der Waals surface area contributed by atoms with E-state index in [-0.39, 0.29) is 5.09 Å². The molecule has 1 aromatic rings. The van der Waals surface area contributed by atoms with Crippen molar-refractivity contribution >= 4 is 10.0 Å². The Hall–Kier alpha value is -1.29. The summed E-state index contributed by atoms with van der Waals surface area (Å²) in [6, 6.07) is 3.09. The van der Waals surface area contributed by atoms with E-state index >= 15 is 0 Å². The molecule has 1 unspecified atom stereocenters. The van der Waals surface area contributed by atoms with Gasteiger partial charge >= 0.3 is 0 Å². The molecule has 0 radical (unpaired) electrons. The van der Waals surface area contributed by atoms with Crippen LogP contribution in [0.4, 0.5) is 0 Å². The average Bonchev–Trinajstić information content (AvgIpc) is 3.02. The minimum Gasteiger partial charge on any atom is -0.447 e. The van der Waals surface area contributed by atoms with Crippen LogP contribution in [0.5, 0.6) is 0 Å². The van der Waals surface area contributed by atoms with Gasteiger partial charge in [-0.15, -0.1) is 6.42 Å². The first-order valence-corrected chi connectivity index (χ1v) is 7.30. The van der Waals surface area contributed by atoms with Gasteiger partial charge in [-0.2, -0.15) is 4.72 Å². The second kappa shape index (κ2) is 5.14.